The second kappa shape index (κ2) is 5.91. The second-order valence-electron chi connectivity index (χ2n) is 4.68. The van der Waals surface area contributed by atoms with Crippen LogP contribution in [-0.2, 0) is 11.2 Å². The van der Waals surface area contributed by atoms with E-state index in [9.17, 15) is 0 Å². The Labute approximate surface area is 107 Å². The van der Waals surface area contributed by atoms with E-state index in [2.05, 4.69) is 10.4 Å². The van der Waals surface area contributed by atoms with Gasteiger partial charge in [0.2, 0.25) is 0 Å². The minimum Gasteiger partial charge on any atom is -0.377 e. The van der Waals surface area contributed by atoms with E-state index in [-0.39, 0.29) is 11.6 Å². The molecule has 0 radical (unpaired) electrons. The highest BCUT2D eigenvalue weighted by Crippen LogP contribution is 2.35. The van der Waals surface area contributed by atoms with Crippen molar-refractivity contribution in [3.63, 3.8) is 0 Å². The van der Waals surface area contributed by atoms with Crippen molar-refractivity contribution in [1.82, 2.24) is 10.4 Å². The fourth-order valence-corrected chi connectivity index (χ4v) is 3.43. The first-order valence-corrected chi connectivity index (χ1v) is 7.08. The molecule has 1 atom stereocenters. The molecule has 1 unspecified atom stereocenters. The lowest BCUT2D eigenvalue weighted by molar-refractivity contribution is -0.0673. The van der Waals surface area contributed by atoms with E-state index in [1.165, 1.54) is 19.3 Å². The summed E-state index contributed by atoms with van der Waals surface area (Å²) in [6.45, 7) is 0. The predicted molar refractivity (Wildman–Crippen MR) is 69.8 cm³/mol. The number of nitrogens with two attached hydrogens (primary N) is 1. The van der Waals surface area contributed by atoms with Crippen LogP contribution in [0.25, 0.3) is 0 Å². The van der Waals surface area contributed by atoms with Crippen LogP contribution in [0.3, 0.4) is 0 Å². The maximum atomic E-state index is 5.81. The Hall–Kier alpha value is -0.490. The summed E-state index contributed by atoms with van der Waals surface area (Å²) in [7, 11) is 1.80. The molecule has 1 aliphatic rings. The van der Waals surface area contributed by atoms with Crippen LogP contribution < -0.4 is 11.3 Å². The minimum absolute atomic E-state index is 0.112. The van der Waals surface area contributed by atoms with Gasteiger partial charge in [-0.3, -0.25) is 11.3 Å². The highest BCUT2D eigenvalue weighted by Gasteiger charge is 2.39. The van der Waals surface area contributed by atoms with Crippen LogP contribution in [0.1, 0.15) is 37.1 Å². The number of methoxy groups -OCH3 is 1. The Morgan fingerprint density at radius 3 is 2.82 bits per heavy atom. The van der Waals surface area contributed by atoms with Gasteiger partial charge in [0, 0.05) is 25.1 Å². The maximum Gasteiger partial charge on any atom is 0.0942 e. The summed E-state index contributed by atoms with van der Waals surface area (Å²) in [6.07, 6.45) is 8.62. The molecule has 1 aromatic rings. The molecule has 0 spiro atoms. The van der Waals surface area contributed by atoms with Crippen molar-refractivity contribution in [3.05, 3.63) is 16.6 Å². The van der Waals surface area contributed by atoms with Crippen LogP contribution in [-0.4, -0.2) is 23.7 Å². The smallest absolute Gasteiger partial charge is 0.0942 e. The Morgan fingerprint density at radius 1 is 1.53 bits per heavy atom. The van der Waals surface area contributed by atoms with Crippen molar-refractivity contribution in [1.29, 1.82) is 0 Å². The van der Waals surface area contributed by atoms with Crippen LogP contribution >= 0.6 is 11.3 Å². The lowest BCUT2D eigenvalue weighted by Crippen LogP contribution is -2.56. The lowest BCUT2D eigenvalue weighted by Gasteiger charge is -2.42. The molecule has 5 heteroatoms. The molecule has 0 aromatic carbocycles. The maximum absolute atomic E-state index is 5.81. The van der Waals surface area contributed by atoms with Crippen LogP contribution in [0, 0.1) is 0 Å². The first-order chi connectivity index (χ1) is 8.30. The zero-order valence-corrected chi connectivity index (χ0v) is 11.1. The first kappa shape index (κ1) is 13.0. The molecule has 1 heterocycles. The number of ether oxygens (including phenoxy) is 1. The second-order valence-corrected chi connectivity index (χ2v) is 5.66. The van der Waals surface area contributed by atoms with Crippen molar-refractivity contribution in [2.45, 2.75) is 50.2 Å². The van der Waals surface area contributed by atoms with Gasteiger partial charge in [-0.05, 0) is 12.8 Å². The van der Waals surface area contributed by atoms with Crippen LogP contribution in [0.5, 0.6) is 0 Å². The third kappa shape index (κ3) is 2.85. The first-order valence-electron chi connectivity index (χ1n) is 6.20. The fourth-order valence-electron chi connectivity index (χ4n) is 2.77. The van der Waals surface area contributed by atoms with Crippen LogP contribution in [0.4, 0.5) is 0 Å². The molecule has 1 fully saturated rings. The number of nitrogens with zero attached hydrogens (tertiary/aromatic N) is 1. The number of rotatable bonds is 5. The number of hydrazine groups is 1. The molecule has 4 nitrogen and oxygen atoms in total. The molecule has 0 amide bonds. The van der Waals surface area contributed by atoms with Crippen molar-refractivity contribution in [2.24, 2.45) is 5.84 Å². The van der Waals surface area contributed by atoms with E-state index in [1.54, 1.807) is 18.4 Å². The zero-order chi connectivity index (χ0) is 12.1. The van der Waals surface area contributed by atoms with E-state index in [0.29, 0.717) is 0 Å². The Balaban J connectivity index is 2.09. The van der Waals surface area contributed by atoms with Crippen molar-refractivity contribution < 1.29 is 4.74 Å². The Kier molecular flexibility index (Phi) is 4.50. The monoisotopic (exact) mass is 255 g/mol. The lowest BCUT2D eigenvalue weighted by atomic mass is 9.78. The molecule has 1 aromatic heterocycles. The predicted octanol–water partition coefficient (Wildman–Crippen LogP) is 1.87. The molecule has 1 aliphatic carbocycles. The average Bonchev–Trinajstić information content (AvgIpc) is 2.89. The average molecular weight is 255 g/mol. The third-order valence-corrected chi connectivity index (χ3v) is 4.61. The number of nitrogens with one attached hydrogen (secondary N) is 1. The molecule has 17 heavy (non-hydrogen) atoms. The molecule has 1 saturated carbocycles. The summed E-state index contributed by atoms with van der Waals surface area (Å²) in [5.41, 5.74) is 2.83. The molecular formula is C12H21N3OS. The van der Waals surface area contributed by atoms with Crippen molar-refractivity contribution in [2.75, 3.05) is 7.11 Å². The summed E-state index contributed by atoms with van der Waals surface area (Å²) in [4.78, 5) is 4.33. The van der Waals surface area contributed by atoms with E-state index in [0.717, 1.165) is 24.3 Å². The number of aromatic nitrogens is 1. The van der Waals surface area contributed by atoms with E-state index >= 15 is 0 Å². The van der Waals surface area contributed by atoms with E-state index < -0.39 is 0 Å². The van der Waals surface area contributed by atoms with Gasteiger partial charge in [-0.2, -0.15) is 0 Å². The summed E-state index contributed by atoms with van der Waals surface area (Å²) in [6, 6.07) is 0.152. The summed E-state index contributed by atoms with van der Waals surface area (Å²) in [5.74, 6) is 5.73. The molecular weight excluding hydrogens is 234 g/mol. The van der Waals surface area contributed by atoms with E-state index in [1.807, 2.05) is 11.6 Å². The summed E-state index contributed by atoms with van der Waals surface area (Å²) < 4.78 is 5.81. The highest BCUT2D eigenvalue weighted by atomic mass is 32.1. The van der Waals surface area contributed by atoms with Gasteiger partial charge in [-0.25, -0.2) is 4.98 Å². The molecule has 96 valence electrons. The van der Waals surface area contributed by atoms with Crippen molar-refractivity contribution >= 4 is 11.3 Å². The minimum atomic E-state index is -0.112. The Bertz CT molecular complexity index is 323. The quantitative estimate of drug-likeness (QED) is 0.623. The Morgan fingerprint density at radius 2 is 2.29 bits per heavy atom. The molecule has 3 N–H and O–H groups in total. The number of hydrogen-bond donors (Lipinski definition) is 2. The standard InChI is InChI=1S/C12H21N3OS/c1-16-12(5-3-2-4-6-12)10(15-13)9-11-14-7-8-17-11/h7-8,10,15H,2-6,9,13H2,1H3. The van der Waals surface area contributed by atoms with E-state index in [4.69, 9.17) is 10.6 Å². The van der Waals surface area contributed by atoms with Gasteiger partial charge in [-0.15, -0.1) is 11.3 Å². The molecule has 2 rings (SSSR count). The topological polar surface area (TPSA) is 60.2 Å². The zero-order valence-electron chi connectivity index (χ0n) is 10.3. The van der Waals surface area contributed by atoms with Crippen LogP contribution in [0.15, 0.2) is 11.6 Å². The fraction of sp³-hybridized carbons (Fsp3) is 0.750. The van der Waals surface area contributed by atoms with Gasteiger partial charge in [0.1, 0.15) is 0 Å². The van der Waals surface area contributed by atoms with Gasteiger partial charge in [0.05, 0.1) is 16.7 Å². The third-order valence-electron chi connectivity index (χ3n) is 3.80. The molecule has 0 bridgehead atoms. The summed E-state index contributed by atoms with van der Waals surface area (Å²) in [5, 5.41) is 3.12. The van der Waals surface area contributed by atoms with Gasteiger partial charge < -0.3 is 4.74 Å². The normalized spacial score (nSPS) is 21.3. The van der Waals surface area contributed by atoms with Crippen molar-refractivity contribution in [3.8, 4) is 0 Å². The van der Waals surface area contributed by atoms with Gasteiger partial charge in [-0.1, -0.05) is 19.3 Å². The highest BCUT2D eigenvalue weighted by molar-refractivity contribution is 7.09. The van der Waals surface area contributed by atoms with Crippen LogP contribution in [0.2, 0.25) is 0 Å². The van der Waals surface area contributed by atoms with Gasteiger partial charge in [0.25, 0.3) is 0 Å². The SMILES string of the molecule is COC1(C(Cc2nccs2)NN)CCCCC1. The number of thiazole rings is 1. The largest absolute Gasteiger partial charge is 0.377 e. The van der Waals surface area contributed by atoms with Gasteiger partial charge >= 0.3 is 0 Å². The molecule has 0 saturated heterocycles. The number of hydrogen-bond acceptors (Lipinski definition) is 5. The summed E-state index contributed by atoms with van der Waals surface area (Å²) >= 11 is 1.68. The molecule has 0 aliphatic heterocycles. The van der Waals surface area contributed by atoms with Gasteiger partial charge in [0.15, 0.2) is 0 Å².